The Morgan fingerprint density at radius 3 is 2.53 bits per heavy atom. The molecule has 0 aliphatic heterocycles. The largest absolute Gasteiger partial charge is 0.396 e. The highest BCUT2D eigenvalue weighted by atomic mass is 35.5. The lowest BCUT2D eigenvalue weighted by molar-refractivity contribution is 0.289. The van der Waals surface area contributed by atoms with Gasteiger partial charge in [0.2, 0.25) is 0 Å². The molecule has 0 aliphatic rings. The molecule has 0 atom stereocenters. The van der Waals surface area contributed by atoms with Gasteiger partial charge in [0, 0.05) is 31.6 Å². The number of para-hydroxylation sites is 1. The lowest BCUT2D eigenvalue weighted by Crippen LogP contribution is -2.24. The van der Waals surface area contributed by atoms with Gasteiger partial charge in [-0.3, -0.25) is 0 Å². The molecule has 0 aliphatic carbocycles. The Morgan fingerprint density at radius 1 is 1.11 bits per heavy atom. The Labute approximate surface area is 118 Å². The fourth-order valence-electron chi connectivity index (χ4n) is 1.92. The van der Waals surface area contributed by atoms with Crippen LogP contribution in [0.3, 0.4) is 0 Å². The smallest absolute Gasteiger partial charge is 0.129 e. The maximum absolute atomic E-state index is 9.01. The number of aromatic nitrogens is 1. The molecule has 0 fully saturated rings. The third kappa shape index (κ3) is 4.23. The van der Waals surface area contributed by atoms with Gasteiger partial charge in [0.25, 0.3) is 0 Å². The first-order valence-corrected chi connectivity index (χ1v) is 6.68. The number of hydrogen-bond donors (Lipinski definition) is 1. The van der Waals surface area contributed by atoms with Gasteiger partial charge in [-0.1, -0.05) is 35.9 Å². The van der Waals surface area contributed by atoms with Crippen LogP contribution in [0.5, 0.6) is 0 Å². The van der Waals surface area contributed by atoms with E-state index in [1.54, 1.807) is 12.3 Å². The number of anilines is 1. The van der Waals surface area contributed by atoms with Gasteiger partial charge >= 0.3 is 0 Å². The summed E-state index contributed by atoms with van der Waals surface area (Å²) in [6.45, 7) is 1.76. The Morgan fingerprint density at radius 2 is 1.89 bits per heavy atom. The molecular formula is C15H17ClN2O. The van der Waals surface area contributed by atoms with Crippen molar-refractivity contribution in [3.8, 4) is 0 Å². The minimum atomic E-state index is 0.197. The number of rotatable bonds is 6. The first-order valence-electron chi connectivity index (χ1n) is 6.31. The van der Waals surface area contributed by atoms with E-state index in [2.05, 4.69) is 22.0 Å². The van der Waals surface area contributed by atoms with Crippen LogP contribution in [0.2, 0.25) is 5.15 Å². The molecule has 4 heteroatoms. The van der Waals surface area contributed by atoms with E-state index in [0.29, 0.717) is 5.15 Å². The molecule has 1 aromatic carbocycles. The van der Waals surface area contributed by atoms with E-state index in [1.165, 1.54) is 0 Å². The van der Waals surface area contributed by atoms with E-state index in [1.807, 2.05) is 24.3 Å². The van der Waals surface area contributed by atoms with Crippen molar-refractivity contribution < 1.29 is 5.11 Å². The van der Waals surface area contributed by atoms with Crippen molar-refractivity contribution in [2.75, 3.05) is 18.1 Å². The molecule has 0 amide bonds. The van der Waals surface area contributed by atoms with E-state index in [9.17, 15) is 0 Å². The highest BCUT2D eigenvalue weighted by Crippen LogP contribution is 2.17. The molecule has 0 saturated carbocycles. The van der Waals surface area contributed by atoms with Crippen molar-refractivity contribution in [1.82, 2.24) is 4.98 Å². The van der Waals surface area contributed by atoms with Crippen LogP contribution in [0.25, 0.3) is 0 Å². The standard InChI is InChI=1S/C15H17ClN2O/c16-15-8-7-13(11-17-15)12-18(9-4-10-19)14-5-2-1-3-6-14/h1-3,5-8,11,19H,4,9-10,12H2. The monoisotopic (exact) mass is 276 g/mol. The molecule has 1 N–H and O–H groups in total. The molecule has 19 heavy (non-hydrogen) atoms. The quantitative estimate of drug-likeness (QED) is 0.824. The van der Waals surface area contributed by atoms with Crippen LogP contribution in [0.4, 0.5) is 5.69 Å². The van der Waals surface area contributed by atoms with E-state index < -0.39 is 0 Å². The average molecular weight is 277 g/mol. The molecule has 1 heterocycles. The maximum atomic E-state index is 9.01. The van der Waals surface area contributed by atoms with Crippen molar-refractivity contribution >= 4 is 17.3 Å². The van der Waals surface area contributed by atoms with E-state index >= 15 is 0 Å². The predicted octanol–water partition coefficient (Wildman–Crippen LogP) is 3.12. The van der Waals surface area contributed by atoms with Crippen LogP contribution < -0.4 is 4.90 Å². The first-order chi connectivity index (χ1) is 9.29. The zero-order valence-electron chi connectivity index (χ0n) is 10.7. The zero-order valence-corrected chi connectivity index (χ0v) is 11.4. The van der Waals surface area contributed by atoms with E-state index in [4.69, 9.17) is 16.7 Å². The van der Waals surface area contributed by atoms with Gasteiger partial charge in [-0.25, -0.2) is 4.98 Å². The summed E-state index contributed by atoms with van der Waals surface area (Å²) in [5.74, 6) is 0. The Hall–Kier alpha value is -1.58. The molecule has 3 nitrogen and oxygen atoms in total. The highest BCUT2D eigenvalue weighted by Gasteiger charge is 2.07. The molecule has 1 aromatic heterocycles. The summed E-state index contributed by atoms with van der Waals surface area (Å²) in [6.07, 6.45) is 2.53. The summed E-state index contributed by atoms with van der Waals surface area (Å²) in [5.41, 5.74) is 2.25. The Kier molecular flexibility index (Phi) is 5.19. The fraction of sp³-hybridized carbons (Fsp3) is 0.267. The van der Waals surface area contributed by atoms with Gasteiger partial charge in [-0.15, -0.1) is 0 Å². The first kappa shape index (κ1) is 13.8. The van der Waals surface area contributed by atoms with Crippen LogP contribution >= 0.6 is 11.6 Å². The lowest BCUT2D eigenvalue weighted by atomic mass is 10.2. The second-order valence-corrected chi connectivity index (χ2v) is 4.71. The number of benzene rings is 1. The van der Waals surface area contributed by atoms with Gasteiger partial charge in [0.1, 0.15) is 5.15 Å². The second kappa shape index (κ2) is 7.12. The third-order valence-corrected chi connectivity index (χ3v) is 3.09. The third-order valence-electron chi connectivity index (χ3n) is 2.87. The molecule has 0 spiro atoms. The number of nitrogens with zero attached hydrogens (tertiary/aromatic N) is 2. The van der Waals surface area contributed by atoms with Crippen LogP contribution in [-0.2, 0) is 6.54 Å². The fourth-order valence-corrected chi connectivity index (χ4v) is 2.03. The second-order valence-electron chi connectivity index (χ2n) is 4.32. The SMILES string of the molecule is OCCCN(Cc1ccc(Cl)nc1)c1ccccc1. The summed E-state index contributed by atoms with van der Waals surface area (Å²) in [5, 5.41) is 9.51. The molecule has 100 valence electrons. The van der Waals surface area contributed by atoms with Gasteiger partial charge < -0.3 is 10.0 Å². The van der Waals surface area contributed by atoms with Crippen molar-refractivity contribution in [1.29, 1.82) is 0 Å². The van der Waals surface area contributed by atoms with Crippen LogP contribution in [0, 0.1) is 0 Å². The molecular weight excluding hydrogens is 260 g/mol. The van der Waals surface area contributed by atoms with Gasteiger partial charge in [-0.2, -0.15) is 0 Å². The topological polar surface area (TPSA) is 36.4 Å². The van der Waals surface area contributed by atoms with E-state index in [0.717, 1.165) is 30.8 Å². The normalized spacial score (nSPS) is 10.4. The average Bonchev–Trinajstić information content (AvgIpc) is 2.46. The minimum Gasteiger partial charge on any atom is -0.396 e. The molecule has 0 unspecified atom stereocenters. The van der Waals surface area contributed by atoms with Crippen LogP contribution in [0.1, 0.15) is 12.0 Å². The number of aliphatic hydroxyl groups excluding tert-OH is 1. The summed E-state index contributed by atoms with van der Waals surface area (Å²) < 4.78 is 0. The minimum absolute atomic E-state index is 0.197. The summed E-state index contributed by atoms with van der Waals surface area (Å²) >= 11 is 5.79. The van der Waals surface area contributed by atoms with Gasteiger partial charge in [-0.05, 0) is 30.2 Å². The highest BCUT2D eigenvalue weighted by molar-refractivity contribution is 6.29. The maximum Gasteiger partial charge on any atom is 0.129 e. The van der Waals surface area contributed by atoms with Crippen molar-refractivity contribution in [3.05, 3.63) is 59.4 Å². The summed E-state index contributed by atoms with van der Waals surface area (Å²) in [6, 6.07) is 13.9. The Bertz CT molecular complexity index is 487. The van der Waals surface area contributed by atoms with Crippen molar-refractivity contribution in [3.63, 3.8) is 0 Å². The molecule has 0 radical (unpaired) electrons. The lowest BCUT2D eigenvalue weighted by Gasteiger charge is -2.24. The van der Waals surface area contributed by atoms with E-state index in [-0.39, 0.29) is 6.61 Å². The molecule has 0 bridgehead atoms. The van der Waals surface area contributed by atoms with Crippen molar-refractivity contribution in [2.24, 2.45) is 0 Å². The Balaban J connectivity index is 2.11. The number of hydrogen-bond acceptors (Lipinski definition) is 3. The number of pyridine rings is 1. The van der Waals surface area contributed by atoms with Crippen molar-refractivity contribution in [2.45, 2.75) is 13.0 Å². The number of aliphatic hydroxyl groups is 1. The van der Waals surface area contributed by atoms with Crippen LogP contribution in [-0.4, -0.2) is 23.2 Å². The number of halogens is 1. The van der Waals surface area contributed by atoms with Crippen LogP contribution in [0.15, 0.2) is 48.7 Å². The summed E-state index contributed by atoms with van der Waals surface area (Å²) in [7, 11) is 0. The molecule has 2 rings (SSSR count). The zero-order chi connectivity index (χ0) is 13.5. The van der Waals surface area contributed by atoms with Gasteiger partial charge in [0.05, 0.1) is 0 Å². The molecule has 0 saturated heterocycles. The summed E-state index contributed by atoms with van der Waals surface area (Å²) in [4.78, 5) is 6.32. The van der Waals surface area contributed by atoms with Gasteiger partial charge in [0.15, 0.2) is 0 Å². The molecule has 2 aromatic rings. The predicted molar refractivity (Wildman–Crippen MR) is 78.4 cm³/mol.